The Balaban J connectivity index is 1.86. The van der Waals surface area contributed by atoms with Gasteiger partial charge in [0.2, 0.25) is 5.91 Å². The van der Waals surface area contributed by atoms with E-state index in [1.54, 1.807) is 26.2 Å². The molecule has 9 heteroatoms. The third-order valence-electron chi connectivity index (χ3n) is 3.52. The highest BCUT2D eigenvalue weighted by atomic mass is 35.5. The van der Waals surface area contributed by atoms with Crippen LogP contribution in [0.4, 0.5) is 0 Å². The van der Waals surface area contributed by atoms with Gasteiger partial charge in [0.25, 0.3) is 5.91 Å². The van der Waals surface area contributed by atoms with Crippen molar-refractivity contribution in [1.82, 2.24) is 10.2 Å². The Labute approximate surface area is 162 Å². The number of fused-ring (bicyclic) bond motifs is 1. The summed E-state index contributed by atoms with van der Waals surface area (Å²) in [4.78, 5) is 36.0. The van der Waals surface area contributed by atoms with Crippen molar-refractivity contribution < 1.29 is 28.6 Å². The Bertz CT molecular complexity index is 748. The largest absolute Gasteiger partial charge is 0.489 e. The molecule has 0 unspecified atom stereocenters. The second kappa shape index (κ2) is 9.82. The minimum atomic E-state index is -0.702. The molecule has 0 aromatic heterocycles. The van der Waals surface area contributed by atoms with E-state index in [1.165, 1.54) is 17.1 Å². The molecule has 0 spiro atoms. The predicted octanol–water partition coefficient (Wildman–Crippen LogP) is 1.26. The molecule has 0 saturated carbocycles. The number of hydrogen-bond donors (Lipinski definition) is 1. The molecule has 0 atom stereocenters. The van der Waals surface area contributed by atoms with Gasteiger partial charge in [-0.25, -0.2) is 4.79 Å². The number of amides is 2. The molecule has 0 radical (unpaired) electrons. The minimum Gasteiger partial charge on any atom is -0.489 e. The summed E-state index contributed by atoms with van der Waals surface area (Å²) >= 11 is 6.18. The topological polar surface area (TPSA) is 94.2 Å². The normalized spacial score (nSPS) is 13.0. The maximum atomic E-state index is 11.7. The molecule has 0 fully saturated rings. The van der Waals surface area contributed by atoms with E-state index in [0.29, 0.717) is 35.3 Å². The van der Waals surface area contributed by atoms with Gasteiger partial charge in [0.05, 0.1) is 24.8 Å². The standard InChI is InChI=1S/C18H21ClN2O6/c1-21(2)16(23)10-20-15(22)11-27-17(24)5-4-12-8-13(19)18-14(9-12)25-6-3-7-26-18/h4-5,8-9H,3,6-7,10-11H2,1-2H3,(H,20,22)/b5-4+. The molecule has 0 aliphatic carbocycles. The highest BCUT2D eigenvalue weighted by Gasteiger charge is 2.15. The van der Waals surface area contributed by atoms with E-state index in [0.717, 1.165) is 6.42 Å². The molecule has 0 saturated heterocycles. The number of rotatable bonds is 6. The van der Waals surface area contributed by atoms with Crippen LogP contribution in [0.25, 0.3) is 6.08 Å². The lowest BCUT2D eigenvalue weighted by atomic mass is 10.2. The van der Waals surface area contributed by atoms with Gasteiger partial charge in [-0.1, -0.05) is 11.6 Å². The molecule has 1 aromatic carbocycles. The summed E-state index contributed by atoms with van der Waals surface area (Å²) in [6, 6.07) is 3.34. The van der Waals surface area contributed by atoms with E-state index in [4.69, 9.17) is 25.8 Å². The number of hydrogen-bond acceptors (Lipinski definition) is 6. The van der Waals surface area contributed by atoms with Crippen LogP contribution in [0.1, 0.15) is 12.0 Å². The molecule has 1 heterocycles. The molecule has 8 nitrogen and oxygen atoms in total. The van der Waals surface area contributed by atoms with Crippen molar-refractivity contribution in [3.05, 3.63) is 28.8 Å². The van der Waals surface area contributed by atoms with Crippen LogP contribution in [0.5, 0.6) is 11.5 Å². The Morgan fingerprint density at radius 2 is 2.00 bits per heavy atom. The van der Waals surface area contributed by atoms with E-state index in [9.17, 15) is 14.4 Å². The van der Waals surface area contributed by atoms with Crippen molar-refractivity contribution in [2.24, 2.45) is 0 Å². The third-order valence-corrected chi connectivity index (χ3v) is 3.80. The monoisotopic (exact) mass is 396 g/mol. The van der Waals surface area contributed by atoms with Crippen LogP contribution in [-0.2, 0) is 19.1 Å². The lowest BCUT2D eigenvalue weighted by Gasteiger charge is -2.10. The smallest absolute Gasteiger partial charge is 0.331 e. The van der Waals surface area contributed by atoms with Gasteiger partial charge in [0.15, 0.2) is 18.1 Å². The lowest BCUT2D eigenvalue weighted by molar-refractivity contribution is -0.144. The van der Waals surface area contributed by atoms with E-state index in [1.807, 2.05) is 0 Å². The molecule has 2 rings (SSSR count). The van der Waals surface area contributed by atoms with Crippen LogP contribution >= 0.6 is 11.6 Å². The molecule has 1 aromatic rings. The molecular weight excluding hydrogens is 376 g/mol. The van der Waals surface area contributed by atoms with Gasteiger partial charge in [0, 0.05) is 26.6 Å². The van der Waals surface area contributed by atoms with Crippen molar-refractivity contribution in [1.29, 1.82) is 0 Å². The van der Waals surface area contributed by atoms with Gasteiger partial charge >= 0.3 is 5.97 Å². The number of nitrogens with one attached hydrogen (secondary N) is 1. The van der Waals surface area contributed by atoms with Gasteiger partial charge in [0.1, 0.15) is 0 Å². The number of ether oxygens (including phenoxy) is 3. The molecular formula is C18H21ClN2O6. The predicted molar refractivity (Wildman–Crippen MR) is 98.8 cm³/mol. The first kappa shape index (κ1) is 20.6. The number of nitrogens with zero attached hydrogens (tertiary/aromatic N) is 1. The average molecular weight is 397 g/mol. The van der Waals surface area contributed by atoms with Gasteiger partial charge in [-0.05, 0) is 23.8 Å². The van der Waals surface area contributed by atoms with Crippen molar-refractivity contribution in [3.8, 4) is 11.5 Å². The van der Waals surface area contributed by atoms with E-state index >= 15 is 0 Å². The lowest BCUT2D eigenvalue weighted by Crippen LogP contribution is -2.38. The molecule has 0 bridgehead atoms. The van der Waals surface area contributed by atoms with Gasteiger partial charge in [-0.3, -0.25) is 9.59 Å². The number of esters is 1. The zero-order chi connectivity index (χ0) is 19.8. The summed E-state index contributed by atoms with van der Waals surface area (Å²) in [5.74, 6) is -0.533. The molecule has 1 aliphatic heterocycles. The van der Waals surface area contributed by atoms with E-state index in [2.05, 4.69) is 5.32 Å². The summed E-state index contributed by atoms with van der Waals surface area (Å²) < 4.78 is 15.9. The molecule has 146 valence electrons. The Morgan fingerprint density at radius 3 is 2.74 bits per heavy atom. The maximum absolute atomic E-state index is 11.7. The van der Waals surface area contributed by atoms with Crippen LogP contribution < -0.4 is 14.8 Å². The molecule has 1 aliphatic rings. The summed E-state index contributed by atoms with van der Waals surface area (Å²) in [5, 5.41) is 2.74. The fourth-order valence-electron chi connectivity index (χ4n) is 2.08. The summed E-state index contributed by atoms with van der Waals surface area (Å²) in [7, 11) is 3.15. The minimum absolute atomic E-state index is 0.158. The van der Waals surface area contributed by atoms with Gasteiger partial charge < -0.3 is 24.4 Å². The van der Waals surface area contributed by atoms with Crippen LogP contribution in [0.15, 0.2) is 18.2 Å². The fourth-order valence-corrected chi connectivity index (χ4v) is 2.35. The zero-order valence-electron chi connectivity index (χ0n) is 15.1. The van der Waals surface area contributed by atoms with Gasteiger partial charge in [-0.2, -0.15) is 0 Å². The highest BCUT2D eigenvalue weighted by molar-refractivity contribution is 6.32. The Kier molecular flexibility index (Phi) is 7.48. The fraction of sp³-hybridized carbons (Fsp3) is 0.389. The van der Waals surface area contributed by atoms with Crippen molar-refractivity contribution in [3.63, 3.8) is 0 Å². The van der Waals surface area contributed by atoms with Crippen molar-refractivity contribution >= 4 is 35.5 Å². The second-order valence-corrected chi connectivity index (χ2v) is 6.29. The highest BCUT2D eigenvalue weighted by Crippen LogP contribution is 2.38. The number of likely N-dealkylation sites (N-methyl/N-ethyl adjacent to an activating group) is 1. The average Bonchev–Trinajstić information content (AvgIpc) is 2.88. The first-order valence-electron chi connectivity index (χ1n) is 8.27. The number of halogens is 1. The van der Waals surface area contributed by atoms with E-state index in [-0.39, 0.29) is 12.5 Å². The maximum Gasteiger partial charge on any atom is 0.331 e. The number of carbonyl (C=O) groups is 3. The number of carbonyl (C=O) groups excluding carboxylic acids is 3. The first-order chi connectivity index (χ1) is 12.9. The van der Waals surface area contributed by atoms with Crippen LogP contribution in [0.2, 0.25) is 5.02 Å². The van der Waals surface area contributed by atoms with Gasteiger partial charge in [-0.15, -0.1) is 0 Å². The Hall–Kier alpha value is -2.74. The summed E-state index contributed by atoms with van der Waals surface area (Å²) in [5.41, 5.74) is 0.627. The molecule has 27 heavy (non-hydrogen) atoms. The second-order valence-electron chi connectivity index (χ2n) is 5.89. The quantitative estimate of drug-likeness (QED) is 0.574. The molecule has 2 amide bonds. The number of benzene rings is 1. The SMILES string of the molecule is CN(C)C(=O)CNC(=O)COC(=O)/C=C/c1cc(Cl)c2c(c1)OCCCO2. The summed E-state index contributed by atoms with van der Waals surface area (Å²) in [6.45, 7) is 0.404. The van der Waals surface area contributed by atoms with Crippen LogP contribution in [0, 0.1) is 0 Å². The van der Waals surface area contributed by atoms with Crippen molar-refractivity contribution in [2.45, 2.75) is 6.42 Å². The third kappa shape index (κ3) is 6.49. The van der Waals surface area contributed by atoms with E-state index < -0.39 is 18.5 Å². The van der Waals surface area contributed by atoms with Crippen molar-refractivity contribution in [2.75, 3.05) is 40.5 Å². The summed E-state index contributed by atoms with van der Waals surface area (Å²) in [6.07, 6.45) is 3.43. The zero-order valence-corrected chi connectivity index (χ0v) is 15.9. The van der Waals surface area contributed by atoms with Crippen LogP contribution in [0.3, 0.4) is 0 Å². The van der Waals surface area contributed by atoms with Crippen LogP contribution in [-0.4, -0.2) is 63.1 Å². The first-order valence-corrected chi connectivity index (χ1v) is 8.65. The Morgan fingerprint density at radius 1 is 1.26 bits per heavy atom. The molecule has 1 N–H and O–H groups in total.